The number of carboxylic acid groups (broad SMARTS) is 1. The van der Waals surface area contributed by atoms with Gasteiger partial charge in [-0.2, -0.15) is 13.2 Å². The highest BCUT2D eigenvalue weighted by Crippen LogP contribution is 2.30. The molecule has 1 rings (SSSR count). The fourth-order valence-electron chi connectivity index (χ4n) is 1.28. The summed E-state index contributed by atoms with van der Waals surface area (Å²) in [6.07, 6.45) is -12.1. The molecule has 122 valence electrons. The Morgan fingerprint density at radius 3 is 2.14 bits per heavy atom. The van der Waals surface area contributed by atoms with E-state index >= 15 is 0 Å². The average molecular weight is 331 g/mol. The van der Waals surface area contributed by atoms with Gasteiger partial charge in [-0.3, -0.25) is 4.79 Å². The van der Waals surface area contributed by atoms with Gasteiger partial charge >= 0.3 is 18.5 Å². The van der Waals surface area contributed by atoms with Gasteiger partial charge in [0.25, 0.3) is 0 Å². The van der Waals surface area contributed by atoms with Crippen molar-refractivity contribution in [1.82, 2.24) is 0 Å². The first-order valence-electron chi connectivity index (χ1n) is 5.26. The Morgan fingerprint density at radius 1 is 1.09 bits per heavy atom. The molecule has 5 nitrogen and oxygen atoms in total. The molecule has 0 atom stereocenters. The number of esters is 1. The second kappa shape index (κ2) is 6.12. The molecule has 0 aliphatic carbocycles. The van der Waals surface area contributed by atoms with Gasteiger partial charge in [-0.15, -0.1) is 13.2 Å². The lowest BCUT2D eigenvalue weighted by Gasteiger charge is -2.15. The molecule has 1 aromatic carbocycles. The van der Waals surface area contributed by atoms with Crippen molar-refractivity contribution in [2.45, 2.75) is 19.0 Å². The monoisotopic (exact) mass is 331 g/mol. The Kier molecular flexibility index (Phi) is 4.89. The third-order valence-corrected chi connectivity index (χ3v) is 1.98. The summed E-state index contributed by atoms with van der Waals surface area (Å²) in [6, 6.07) is 1.53. The topological polar surface area (TPSA) is 75.7 Å². The number of rotatable bonds is 4. The number of benzene rings is 1. The highest BCUT2D eigenvalue weighted by Gasteiger charge is 2.34. The number of hydrogen-bond donors (Lipinski definition) is 0. The van der Waals surface area contributed by atoms with E-state index < -0.39 is 48.0 Å². The lowest BCUT2D eigenvalue weighted by atomic mass is 10.2. The third-order valence-electron chi connectivity index (χ3n) is 1.98. The number of hydrogen-bond acceptors (Lipinski definition) is 5. The normalized spacial score (nSPS) is 11.9. The van der Waals surface area contributed by atoms with Crippen LogP contribution in [0.25, 0.3) is 0 Å². The summed E-state index contributed by atoms with van der Waals surface area (Å²) in [5.74, 6) is -5.85. The maximum atomic E-state index is 12.1. The molecule has 0 aliphatic rings. The molecule has 0 spiro atoms. The van der Waals surface area contributed by atoms with E-state index in [4.69, 9.17) is 0 Å². The predicted molar refractivity (Wildman–Crippen MR) is 53.8 cm³/mol. The number of ether oxygens (including phenoxy) is 2. The molecule has 0 N–H and O–H groups in total. The van der Waals surface area contributed by atoms with Gasteiger partial charge < -0.3 is 19.4 Å². The van der Waals surface area contributed by atoms with Crippen LogP contribution in [0.1, 0.15) is 16.8 Å². The summed E-state index contributed by atoms with van der Waals surface area (Å²) in [5.41, 5.74) is -1.02. The predicted octanol–water partition coefficient (Wildman–Crippen LogP) is 1.81. The number of carbonyl (C=O) groups is 2. The fourth-order valence-corrected chi connectivity index (χ4v) is 1.28. The molecule has 0 heterocycles. The van der Waals surface area contributed by atoms with Gasteiger partial charge in [-0.1, -0.05) is 0 Å². The minimum Gasteiger partial charge on any atom is -0.545 e. The van der Waals surface area contributed by atoms with Crippen LogP contribution in [0.15, 0.2) is 18.2 Å². The number of alkyl halides is 6. The van der Waals surface area contributed by atoms with E-state index in [-0.39, 0.29) is 0 Å². The minimum absolute atomic E-state index is 0.312. The first-order chi connectivity index (χ1) is 9.87. The van der Waals surface area contributed by atoms with Gasteiger partial charge in [-0.05, 0) is 12.1 Å². The van der Waals surface area contributed by atoms with Gasteiger partial charge in [0, 0.05) is 11.6 Å². The Labute approximate surface area is 118 Å². The zero-order chi connectivity index (χ0) is 17.1. The molecule has 1 aromatic rings. The molecular weight excluding hydrogens is 326 g/mol. The molecule has 0 radical (unpaired) electrons. The second-order valence-electron chi connectivity index (χ2n) is 3.76. The number of aromatic carboxylic acids is 1. The summed E-state index contributed by atoms with van der Waals surface area (Å²) >= 11 is 0. The maximum Gasteiger partial charge on any atom is 0.573 e. The van der Waals surface area contributed by atoms with E-state index in [0.29, 0.717) is 18.2 Å². The van der Waals surface area contributed by atoms with Gasteiger partial charge in [0.2, 0.25) is 0 Å². The van der Waals surface area contributed by atoms with Crippen LogP contribution in [-0.2, 0) is 4.79 Å². The maximum absolute atomic E-state index is 12.1. The van der Waals surface area contributed by atoms with E-state index in [1.807, 2.05) is 0 Å². The van der Waals surface area contributed by atoms with Crippen LogP contribution in [0, 0.1) is 0 Å². The van der Waals surface area contributed by atoms with Crippen molar-refractivity contribution < 1.29 is 50.5 Å². The minimum atomic E-state index is -5.27. The number of carboxylic acids is 1. The molecule has 0 unspecified atom stereocenters. The summed E-state index contributed by atoms with van der Waals surface area (Å²) in [5, 5.41) is 10.6. The Hall–Kier alpha value is -2.46. The average Bonchev–Trinajstić information content (AvgIpc) is 2.23. The lowest BCUT2D eigenvalue weighted by molar-refractivity contribution is -0.276. The van der Waals surface area contributed by atoms with E-state index in [9.17, 15) is 41.0 Å². The van der Waals surface area contributed by atoms with E-state index in [2.05, 4.69) is 9.47 Å². The van der Waals surface area contributed by atoms with Crippen LogP contribution in [-0.4, -0.2) is 24.5 Å². The summed E-state index contributed by atoms with van der Waals surface area (Å²) in [6.45, 7) is 0. The number of carbonyl (C=O) groups excluding carboxylic acids is 2. The van der Waals surface area contributed by atoms with Crippen molar-refractivity contribution in [2.24, 2.45) is 0 Å². The van der Waals surface area contributed by atoms with Gasteiger partial charge in [0.05, 0.1) is 5.97 Å². The standard InChI is InChI=1S/C11H6F6O5/c12-10(13,14)4-8(18)21-5-1-2-6(9(19)20)7(3-5)22-11(15,16)17/h1-3H,4H2,(H,19,20)/p-1. The van der Waals surface area contributed by atoms with E-state index in [1.165, 1.54) is 0 Å². The molecule has 0 amide bonds. The molecule has 11 heteroatoms. The van der Waals surface area contributed by atoms with Crippen LogP contribution in [0.5, 0.6) is 11.5 Å². The van der Waals surface area contributed by atoms with Crippen molar-refractivity contribution in [2.75, 3.05) is 0 Å². The molecule has 0 saturated carbocycles. The molecule has 0 bridgehead atoms. The third kappa shape index (κ3) is 5.89. The van der Waals surface area contributed by atoms with Gasteiger partial charge in [0.1, 0.15) is 17.9 Å². The zero-order valence-electron chi connectivity index (χ0n) is 10.2. The molecule has 22 heavy (non-hydrogen) atoms. The quantitative estimate of drug-likeness (QED) is 0.478. The first-order valence-corrected chi connectivity index (χ1v) is 5.26. The van der Waals surface area contributed by atoms with Crippen molar-refractivity contribution in [3.8, 4) is 11.5 Å². The molecule has 0 fully saturated rings. The smallest absolute Gasteiger partial charge is 0.545 e. The van der Waals surface area contributed by atoms with Crippen molar-refractivity contribution >= 4 is 11.9 Å². The zero-order valence-corrected chi connectivity index (χ0v) is 10.2. The number of halogens is 6. The Morgan fingerprint density at radius 2 is 1.68 bits per heavy atom. The van der Waals surface area contributed by atoms with Gasteiger partial charge in [0.15, 0.2) is 0 Å². The van der Waals surface area contributed by atoms with Crippen molar-refractivity contribution in [1.29, 1.82) is 0 Å². The fraction of sp³-hybridized carbons (Fsp3) is 0.273. The van der Waals surface area contributed by atoms with Gasteiger partial charge in [-0.25, -0.2) is 0 Å². The molecule has 0 saturated heterocycles. The van der Waals surface area contributed by atoms with Crippen LogP contribution in [0.2, 0.25) is 0 Å². The summed E-state index contributed by atoms with van der Waals surface area (Å²) < 4.78 is 79.6. The SMILES string of the molecule is O=C(CC(F)(F)F)Oc1ccc(C(=O)[O-])c(OC(F)(F)F)c1. The summed E-state index contributed by atoms with van der Waals surface area (Å²) in [7, 11) is 0. The summed E-state index contributed by atoms with van der Waals surface area (Å²) in [4.78, 5) is 21.5. The van der Waals surface area contributed by atoms with Crippen LogP contribution < -0.4 is 14.6 Å². The highest BCUT2D eigenvalue weighted by molar-refractivity contribution is 5.89. The van der Waals surface area contributed by atoms with E-state index in [0.717, 1.165) is 0 Å². The molecule has 0 aromatic heterocycles. The lowest BCUT2D eigenvalue weighted by Crippen LogP contribution is -2.26. The Balaban J connectivity index is 3.01. The molecular formula is C11H5F6O5-. The van der Waals surface area contributed by atoms with Crippen LogP contribution in [0.3, 0.4) is 0 Å². The second-order valence-corrected chi connectivity index (χ2v) is 3.76. The van der Waals surface area contributed by atoms with Crippen LogP contribution in [0.4, 0.5) is 26.3 Å². The van der Waals surface area contributed by atoms with E-state index in [1.54, 1.807) is 0 Å². The molecule has 0 aliphatic heterocycles. The first kappa shape index (κ1) is 17.6. The highest BCUT2D eigenvalue weighted by atomic mass is 19.4. The van der Waals surface area contributed by atoms with Crippen molar-refractivity contribution in [3.05, 3.63) is 23.8 Å². The largest absolute Gasteiger partial charge is 0.573 e. The van der Waals surface area contributed by atoms with Crippen molar-refractivity contribution in [3.63, 3.8) is 0 Å². The van der Waals surface area contributed by atoms with Crippen LogP contribution >= 0.6 is 0 Å². The Bertz CT molecular complexity index is 577.